The largest absolute Gasteiger partial charge is 0.417 e. The molecule has 30 heavy (non-hydrogen) atoms. The van der Waals surface area contributed by atoms with Gasteiger partial charge < -0.3 is 11.1 Å². The Balaban J connectivity index is 1.85. The number of carbonyl (C=O) groups excluding carboxylic acids is 1. The summed E-state index contributed by atoms with van der Waals surface area (Å²) >= 11 is 0.846. The lowest BCUT2D eigenvalue weighted by molar-refractivity contribution is -0.136. The minimum absolute atomic E-state index is 0.00489. The first-order valence-electron chi connectivity index (χ1n) is 8.97. The van der Waals surface area contributed by atoms with Crippen molar-refractivity contribution in [1.29, 1.82) is 0 Å². The molecule has 0 bridgehead atoms. The monoisotopic (exact) mass is 427 g/mol. The predicted octanol–water partition coefficient (Wildman–Crippen LogP) is 6.13. The number of halogens is 3. The molecule has 4 nitrogen and oxygen atoms in total. The second-order valence-electron chi connectivity index (χ2n) is 6.77. The van der Waals surface area contributed by atoms with Crippen LogP contribution < -0.4 is 11.1 Å². The van der Waals surface area contributed by atoms with Gasteiger partial charge in [-0.1, -0.05) is 42.5 Å². The summed E-state index contributed by atoms with van der Waals surface area (Å²) in [5, 5.41) is 2.44. The van der Waals surface area contributed by atoms with E-state index in [1.165, 1.54) is 0 Å². The van der Waals surface area contributed by atoms with E-state index in [9.17, 15) is 18.0 Å². The lowest BCUT2D eigenvalue weighted by Gasteiger charge is -2.11. The highest BCUT2D eigenvalue weighted by molar-refractivity contribution is 7.21. The maximum atomic E-state index is 13.8. The topological polar surface area (TPSA) is 68.0 Å². The van der Waals surface area contributed by atoms with Crippen LogP contribution in [-0.2, 0) is 6.18 Å². The fourth-order valence-electron chi connectivity index (χ4n) is 3.18. The number of nitrogens with two attached hydrogens (primary N) is 1. The zero-order valence-corrected chi connectivity index (χ0v) is 16.6. The molecule has 3 N–H and O–H groups in total. The lowest BCUT2D eigenvalue weighted by Crippen LogP contribution is -2.12. The van der Waals surface area contributed by atoms with Crippen molar-refractivity contribution in [3.63, 3.8) is 0 Å². The van der Waals surface area contributed by atoms with Crippen LogP contribution in [0, 0.1) is 6.92 Å². The second kappa shape index (κ2) is 7.46. The van der Waals surface area contributed by atoms with E-state index >= 15 is 0 Å². The smallest absolute Gasteiger partial charge is 0.397 e. The van der Waals surface area contributed by atoms with E-state index in [0.717, 1.165) is 23.0 Å². The number of nitrogens with one attached hydrogen (secondary N) is 1. The van der Waals surface area contributed by atoms with E-state index in [-0.39, 0.29) is 26.5 Å². The number of nitrogens with zero attached hydrogens (tertiary/aromatic N) is 1. The Morgan fingerprint density at radius 3 is 2.47 bits per heavy atom. The number of aryl methyl sites for hydroxylation is 1. The van der Waals surface area contributed by atoms with Gasteiger partial charge >= 0.3 is 6.18 Å². The van der Waals surface area contributed by atoms with Crippen LogP contribution in [0.15, 0.2) is 60.7 Å². The summed E-state index contributed by atoms with van der Waals surface area (Å²) < 4.78 is 41.4. The maximum absolute atomic E-state index is 13.8. The number of alkyl halides is 3. The van der Waals surface area contributed by atoms with Crippen LogP contribution in [0.1, 0.15) is 20.8 Å². The molecule has 0 saturated carbocycles. The summed E-state index contributed by atoms with van der Waals surface area (Å²) in [5.74, 6) is -0.574. The Kier molecular flexibility index (Phi) is 4.95. The zero-order valence-electron chi connectivity index (χ0n) is 15.7. The van der Waals surface area contributed by atoms with Crippen molar-refractivity contribution in [2.75, 3.05) is 11.1 Å². The third-order valence-corrected chi connectivity index (χ3v) is 5.65. The Labute approximate surface area is 174 Å². The van der Waals surface area contributed by atoms with Crippen molar-refractivity contribution in [3.8, 4) is 11.3 Å². The van der Waals surface area contributed by atoms with Gasteiger partial charge in [-0.25, -0.2) is 4.98 Å². The molecular formula is C22H16F3N3OS. The predicted molar refractivity (Wildman–Crippen MR) is 114 cm³/mol. The minimum atomic E-state index is -4.65. The molecule has 2 heterocycles. The van der Waals surface area contributed by atoms with Crippen molar-refractivity contribution < 1.29 is 18.0 Å². The molecule has 0 radical (unpaired) electrons. The van der Waals surface area contributed by atoms with Gasteiger partial charge in [0.25, 0.3) is 5.91 Å². The van der Waals surface area contributed by atoms with Crippen molar-refractivity contribution in [2.24, 2.45) is 0 Å². The quantitative estimate of drug-likeness (QED) is 0.414. The summed E-state index contributed by atoms with van der Waals surface area (Å²) in [7, 11) is 0. The van der Waals surface area contributed by atoms with Crippen LogP contribution in [0.5, 0.6) is 0 Å². The van der Waals surface area contributed by atoms with E-state index in [0.29, 0.717) is 11.3 Å². The maximum Gasteiger partial charge on any atom is 0.417 e. The standard InChI is InChI=1S/C22H16F3N3OS/c1-12-6-5-9-14(10-12)27-20(29)19-18(26)17-15(22(23,24)25)11-16(28-21(17)30-19)13-7-3-2-4-8-13/h2-11H,26H2,1H3,(H,27,29). The summed E-state index contributed by atoms with van der Waals surface area (Å²) in [4.78, 5) is 17.2. The number of nitrogen functional groups attached to an aromatic ring is 1. The number of fused-ring (bicyclic) bond motifs is 1. The summed E-state index contributed by atoms with van der Waals surface area (Å²) in [6, 6.07) is 16.6. The van der Waals surface area contributed by atoms with Crippen LogP contribution in [0.3, 0.4) is 0 Å². The number of benzene rings is 2. The number of amides is 1. The molecule has 4 rings (SSSR count). The molecule has 0 aliphatic carbocycles. The molecule has 4 aromatic rings. The molecule has 0 aliphatic heterocycles. The average Bonchev–Trinajstić information content (AvgIpc) is 3.04. The van der Waals surface area contributed by atoms with Crippen molar-refractivity contribution in [2.45, 2.75) is 13.1 Å². The van der Waals surface area contributed by atoms with Gasteiger partial charge in [0.15, 0.2) is 0 Å². The molecule has 2 aromatic carbocycles. The van der Waals surface area contributed by atoms with E-state index in [2.05, 4.69) is 10.3 Å². The molecule has 0 saturated heterocycles. The molecule has 0 fully saturated rings. The molecule has 1 amide bonds. The van der Waals surface area contributed by atoms with Crippen LogP contribution in [0.25, 0.3) is 21.5 Å². The van der Waals surface area contributed by atoms with E-state index in [1.807, 2.05) is 13.0 Å². The third kappa shape index (κ3) is 3.73. The van der Waals surface area contributed by atoms with Gasteiger partial charge in [0.2, 0.25) is 0 Å². The van der Waals surface area contributed by atoms with Crippen LogP contribution in [0.4, 0.5) is 24.5 Å². The molecule has 152 valence electrons. The van der Waals surface area contributed by atoms with Gasteiger partial charge in [-0.05, 0) is 30.7 Å². The lowest BCUT2D eigenvalue weighted by atomic mass is 10.1. The first-order valence-corrected chi connectivity index (χ1v) is 9.79. The third-order valence-electron chi connectivity index (χ3n) is 4.56. The molecular weight excluding hydrogens is 411 g/mol. The Bertz CT molecular complexity index is 1250. The van der Waals surface area contributed by atoms with Crippen molar-refractivity contribution in [3.05, 3.63) is 76.7 Å². The molecule has 0 spiro atoms. The SMILES string of the molecule is Cc1cccc(NC(=O)c2sc3nc(-c4ccccc4)cc(C(F)(F)F)c3c2N)c1. The Morgan fingerprint density at radius 1 is 1.07 bits per heavy atom. The van der Waals surface area contributed by atoms with Gasteiger partial charge in [0.05, 0.1) is 16.9 Å². The first kappa shape index (κ1) is 19.9. The molecule has 2 aromatic heterocycles. The summed E-state index contributed by atoms with van der Waals surface area (Å²) in [6.45, 7) is 1.87. The summed E-state index contributed by atoms with van der Waals surface area (Å²) in [6.07, 6.45) is -4.65. The normalized spacial score (nSPS) is 11.6. The highest BCUT2D eigenvalue weighted by Gasteiger charge is 2.36. The van der Waals surface area contributed by atoms with E-state index in [4.69, 9.17) is 5.73 Å². The van der Waals surface area contributed by atoms with Gasteiger partial charge in [-0.3, -0.25) is 4.79 Å². The van der Waals surface area contributed by atoms with Crippen molar-refractivity contribution in [1.82, 2.24) is 4.98 Å². The molecule has 0 unspecified atom stereocenters. The fourth-order valence-corrected chi connectivity index (χ4v) is 4.20. The number of pyridine rings is 1. The highest BCUT2D eigenvalue weighted by atomic mass is 32.1. The van der Waals surface area contributed by atoms with Crippen LogP contribution >= 0.6 is 11.3 Å². The van der Waals surface area contributed by atoms with Gasteiger partial charge in [-0.2, -0.15) is 13.2 Å². The number of anilines is 2. The minimum Gasteiger partial charge on any atom is -0.397 e. The number of rotatable bonds is 3. The van der Waals surface area contributed by atoms with E-state index in [1.54, 1.807) is 48.5 Å². The molecule has 0 atom stereocenters. The fraction of sp³-hybridized carbons (Fsp3) is 0.0909. The number of hydrogen-bond acceptors (Lipinski definition) is 4. The van der Waals surface area contributed by atoms with Gasteiger partial charge in [0, 0.05) is 16.6 Å². The van der Waals surface area contributed by atoms with Gasteiger partial charge in [-0.15, -0.1) is 11.3 Å². The zero-order chi connectivity index (χ0) is 21.5. The van der Waals surface area contributed by atoms with E-state index < -0.39 is 17.6 Å². The number of hydrogen-bond donors (Lipinski definition) is 2. The van der Waals surface area contributed by atoms with Crippen LogP contribution in [0.2, 0.25) is 0 Å². The van der Waals surface area contributed by atoms with Gasteiger partial charge in [0.1, 0.15) is 9.71 Å². The first-order chi connectivity index (χ1) is 14.2. The summed E-state index contributed by atoms with van der Waals surface area (Å²) in [5.41, 5.74) is 7.07. The number of thiophene rings is 1. The van der Waals surface area contributed by atoms with Crippen molar-refractivity contribution >= 4 is 38.8 Å². The average molecular weight is 427 g/mol. The highest BCUT2D eigenvalue weighted by Crippen LogP contribution is 2.43. The number of carbonyl (C=O) groups is 1. The Morgan fingerprint density at radius 2 is 1.80 bits per heavy atom. The second-order valence-corrected chi connectivity index (χ2v) is 7.77. The molecule has 0 aliphatic rings. The Hall–Kier alpha value is -3.39. The molecule has 8 heteroatoms. The number of aromatic nitrogens is 1. The van der Waals surface area contributed by atoms with Crippen LogP contribution in [-0.4, -0.2) is 10.9 Å².